The van der Waals surface area contributed by atoms with Crippen molar-refractivity contribution in [3.63, 3.8) is 0 Å². The fourth-order valence-electron chi connectivity index (χ4n) is 0.180. The van der Waals surface area contributed by atoms with Gasteiger partial charge in [-0.2, -0.15) is 4.91 Å². The molecule has 7 heavy (non-hydrogen) atoms. The van der Waals surface area contributed by atoms with E-state index in [1.165, 1.54) is 0 Å². The standard InChI is InChI=1S/C4H9NO2/c1-4(7-2)3-5-6/h4H,3H2,1-2H3/t4-/m1/s1. The van der Waals surface area contributed by atoms with Gasteiger partial charge in [-0.3, -0.25) is 0 Å². The molecule has 0 aromatic rings. The van der Waals surface area contributed by atoms with Crippen molar-refractivity contribution in [2.45, 2.75) is 13.0 Å². The summed E-state index contributed by atoms with van der Waals surface area (Å²) in [7, 11) is 1.55. The third kappa shape index (κ3) is 3.39. The Morgan fingerprint density at radius 3 is 2.57 bits per heavy atom. The lowest BCUT2D eigenvalue weighted by Crippen LogP contribution is -2.07. The summed E-state index contributed by atoms with van der Waals surface area (Å²) in [6, 6.07) is 0. The summed E-state index contributed by atoms with van der Waals surface area (Å²) in [5.41, 5.74) is 0. The van der Waals surface area contributed by atoms with Crippen LogP contribution in [0, 0.1) is 4.91 Å². The van der Waals surface area contributed by atoms with Crippen molar-refractivity contribution in [2.75, 3.05) is 13.7 Å². The number of nitroso groups, excluding NO2 is 1. The molecule has 0 unspecified atom stereocenters. The van der Waals surface area contributed by atoms with E-state index in [9.17, 15) is 4.91 Å². The van der Waals surface area contributed by atoms with E-state index in [2.05, 4.69) is 5.18 Å². The molecule has 0 N–H and O–H groups in total. The molecular weight excluding hydrogens is 94.0 g/mol. The van der Waals surface area contributed by atoms with E-state index in [4.69, 9.17) is 4.74 Å². The maximum atomic E-state index is 9.44. The fraction of sp³-hybridized carbons (Fsp3) is 1.00. The lowest BCUT2D eigenvalue weighted by Gasteiger charge is -1.99. The van der Waals surface area contributed by atoms with Gasteiger partial charge in [0.25, 0.3) is 0 Å². The number of methoxy groups -OCH3 is 1. The molecule has 0 fully saturated rings. The first-order chi connectivity index (χ1) is 3.31. The average Bonchev–Trinajstić information content (AvgIpc) is 1.68. The number of hydrogen-bond acceptors (Lipinski definition) is 3. The highest BCUT2D eigenvalue weighted by Gasteiger charge is 1.94. The van der Waals surface area contributed by atoms with Crippen LogP contribution in [0.15, 0.2) is 5.18 Å². The zero-order chi connectivity index (χ0) is 5.70. The molecule has 0 rings (SSSR count). The molecule has 3 heteroatoms. The van der Waals surface area contributed by atoms with E-state index in [-0.39, 0.29) is 12.6 Å². The predicted octanol–water partition coefficient (Wildman–Crippen LogP) is 0.788. The van der Waals surface area contributed by atoms with Crippen molar-refractivity contribution in [3.8, 4) is 0 Å². The third-order valence-electron chi connectivity index (χ3n) is 0.734. The Labute approximate surface area is 42.6 Å². The largest absolute Gasteiger partial charge is 0.380 e. The van der Waals surface area contributed by atoms with Gasteiger partial charge in [-0.15, -0.1) is 0 Å². The van der Waals surface area contributed by atoms with Gasteiger partial charge in [0, 0.05) is 7.11 Å². The van der Waals surface area contributed by atoms with Crippen molar-refractivity contribution in [1.82, 2.24) is 0 Å². The smallest absolute Gasteiger partial charge is 0.107 e. The van der Waals surface area contributed by atoms with Crippen LogP contribution in [0.3, 0.4) is 0 Å². The second kappa shape index (κ2) is 3.74. The fourth-order valence-corrected chi connectivity index (χ4v) is 0.180. The number of rotatable bonds is 3. The molecule has 1 atom stereocenters. The summed E-state index contributed by atoms with van der Waals surface area (Å²) in [6.45, 7) is 2.04. The Morgan fingerprint density at radius 2 is 2.43 bits per heavy atom. The Balaban J connectivity index is 2.98. The summed E-state index contributed by atoms with van der Waals surface area (Å²) in [5.74, 6) is 0. The zero-order valence-electron chi connectivity index (χ0n) is 4.55. The van der Waals surface area contributed by atoms with E-state index >= 15 is 0 Å². The maximum Gasteiger partial charge on any atom is 0.107 e. The minimum Gasteiger partial charge on any atom is -0.380 e. The quantitative estimate of drug-likeness (QED) is 0.495. The van der Waals surface area contributed by atoms with Crippen LogP contribution in [0.25, 0.3) is 0 Å². The normalized spacial score (nSPS) is 13.4. The van der Waals surface area contributed by atoms with Gasteiger partial charge >= 0.3 is 0 Å². The minimum atomic E-state index is -0.0301. The zero-order valence-corrected chi connectivity index (χ0v) is 4.55. The lowest BCUT2D eigenvalue weighted by molar-refractivity contribution is 0.125. The van der Waals surface area contributed by atoms with Gasteiger partial charge in [0.15, 0.2) is 0 Å². The molecule has 0 heterocycles. The summed E-state index contributed by atoms with van der Waals surface area (Å²) in [6.07, 6.45) is -0.0301. The van der Waals surface area contributed by atoms with Gasteiger partial charge in [0.1, 0.15) is 6.54 Å². The summed E-state index contributed by atoms with van der Waals surface area (Å²) >= 11 is 0. The molecule has 0 radical (unpaired) electrons. The van der Waals surface area contributed by atoms with E-state index in [0.717, 1.165) is 0 Å². The van der Waals surface area contributed by atoms with E-state index < -0.39 is 0 Å². The van der Waals surface area contributed by atoms with Crippen LogP contribution in [0.2, 0.25) is 0 Å². The summed E-state index contributed by atoms with van der Waals surface area (Å²) < 4.78 is 4.70. The first kappa shape index (κ1) is 6.56. The topological polar surface area (TPSA) is 38.7 Å². The van der Waals surface area contributed by atoms with Crippen LogP contribution < -0.4 is 0 Å². The van der Waals surface area contributed by atoms with Gasteiger partial charge < -0.3 is 4.74 Å². The Bertz CT molecular complexity index is 55.7. The highest BCUT2D eigenvalue weighted by atomic mass is 16.5. The molecule has 0 bridgehead atoms. The van der Waals surface area contributed by atoms with E-state index in [1.54, 1.807) is 14.0 Å². The molecule has 0 aliphatic heterocycles. The Hall–Kier alpha value is -0.440. The predicted molar refractivity (Wildman–Crippen MR) is 27.1 cm³/mol. The first-order valence-electron chi connectivity index (χ1n) is 2.13. The van der Waals surface area contributed by atoms with E-state index in [0.29, 0.717) is 0 Å². The maximum absolute atomic E-state index is 9.44. The molecule has 42 valence electrons. The highest BCUT2D eigenvalue weighted by molar-refractivity contribution is 4.49. The number of hydrogen-bond donors (Lipinski definition) is 0. The highest BCUT2D eigenvalue weighted by Crippen LogP contribution is 1.85. The van der Waals surface area contributed by atoms with Crippen molar-refractivity contribution in [2.24, 2.45) is 5.18 Å². The van der Waals surface area contributed by atoms with Crippen LogP contribution >= 0.6 is 0 Å². The van der Waals surface area contributed by atoms with Crippen LogP contribution in [-0.2, 0) is 4.74 Å². The van der Waals surface area contributed by atoms with Crippen molar-refractivity contribution in [3.05, 3.63) is 4.91 Å². The van der Waals surface area contributed by atoms with E-state index in [1.807, 2.05) is 0 Å². The van der Waals surface area contributed by atoms with Crippen LogP contribution in [-0.4, -0.2) is 19.8 Å². The lowest BCUT2D eigenvalue weighted by atomic mass is 10.4. The summed E-state index contributed by atoms with van der Waals surface area (Å²) in [4.78, 5) is 9.44. The molecule has 0 saturated heterocycles. The summed E-state index contributed by atoms with van der Waals surface area (Å²) in [5, 5.41) is 2.63. The van der Waals surface area contributed by atoms with Gasteiger partial charge in [0.05, 0.1) is 6.10 Å². The third-order valence-corrected chi connectivity index (χ3v) is 0.734. The van der Waals surface area contributed by atoms with Crippen molar-refractivity contribution < 1.29 is 4.74 Å². The first-order valence-corrected chi connectivity index (χ1v) is 2.13. The van der Waals surface area contributed by atoms with Crippen LogP contribution in [0.4, 0.5) is 0 Å². The van der Waals surface area contributed by atoms with Crippen LogP contribution in [0.5, 0.6) is 0 Å². The van der Waals surface area contributed by atoms with Crippen LogP contribution in [0.1, 0.15) is 6.92 Å². The molecule has 0 aliphatic rings. The van der Waals surface area contributed by atoms with Gasteiger partial charge in [-0.1, -0.05) is 5.18 Å². The molecule has 0 saturated carbocycles. The molecule has 0 aliphatic carbocycles. The molecule has 3 nitrogen and oxygen atoms in total. The van der Waals surface area contributed by atoms with Crippen molar-refractivity contribution in [1.29, 1.82) is 0 Å². The Morgan fingerprint density at radius 1 is 1.86 bits per heavy atom. The Kier molecular flexibility index (Phi) is 3.50. The van der Waals surface area contributed by atoms with Gasteiger partial charge in [-0.05, 0) is 6.92 Å². The molecule has 0 aromatic carbocycles. The SMILES string of the molecule is CO[C@H](C)CN=O. The van der Waals surface area contributed by atoms with Crippen molar-refractivity contribution >= 4 is 0 Å². The second-order valence-corrected chi connectivity index (χ2v) is 1.36. The molecule has 0 amide bonds. The number of ether oxygens (including phenoxy) is 1. The minimum absolute atomic E-state index is 0.0301. The second-order valence-electron chi connectivity index (χ2n) is 1.36. The monoisotopic (exact) mass is 103 g/mol. The number of nitrogens with zero attached hydrogens (tertiary/aromatic N) is 1. The average molecular weight is 103 g/mol. The molecular formula is C4H9NO2. The molecule has 0 spiro atoms. The van der Waals surface area contributed by atoms with Gasteiger partial charge in [0.2, 0.25) is 0 Å². The van der Waals surface area contributed by atoms with Gasteiger partial charge in [-0.25, -0.2) is 0 Å². The molecule has 0 aromatic heterocycles.